The average Bonchev–Trinajstić information content (AvgIpc) is 1.96. The number of urea groups is 1. The minimum absolute atomic E-state index is 0.0266. The topological polar surface area (TPSA) is 81.1 Å². The van der Waals surface area contributed by atoms with E-state index in [-0.39, 0.29) is 5.69 Å². The highest BCUT2D eigenvalue weighted by molar-refractivity contribution is 5.88. The smallest absolute Gasteiger partial charge is 0.316 e. The zero-order valence-corrected chi connectivity index (χ0v) is 6.17. The summed E-state index contributed by atoms with van der Waals surface area (Å²) in [4.78, 5) is 10.3. The monoisotopic (exact) mass is 169 g/mol. The SMILES string of the molecule is NC(=O)Nc1ccc(F)c(N)c1. The average molecular weight is 169 g/mol. The van der Waals surface area contributed by atoms with E-state index in [0.717, 1.165) is 6.07 Å². The van der Waals surface area contributed by atoms with Crippen molar-refractivity contribution in [2.45, 2.75) is 0 Å². The molecule has 0 saturated heterocycles. The van der Waals surface area contributed by atoms with Gasteiger partial charge in [-0.25, -0.2) is 9.18 Å². The first-order chi connectivity index (χ1) is 5.59. The van der Waals surface area contributed by atoms with Gasteiger partial charge in [-0.3, -0.25) is 0 Å². The molecule has 0 radical (unpaired) electrons. The number of carbonyl (C=O) groups excluding carboxylic acids is 1. The van der Waals surface area contributed by atoms with E-state index in [9.17, 15) is 9.18 Å². The van der Waals surface area contributed by atoms with Crippen molar-refractivity contribution in [2.75, 3.05) is 11.1 Å². The molecule has 0 aromatic heterocycles. The third-order valence-electron chi connectivity index (χ3n) is 1.26. The van der Waals surface area contributed by atoms with Gasteiger partial charge >= 0.3 is 6.03 Å². The second-order valence-corrected chi connectivity index (χ2v) is 2.23. The molecule has 0 saturated carbocycles. The number of amides is 2. The van der Waals surface area contributed by atoms with Crippen LogP contribution < -0.4 is 16.8 Å². The van der Waals surface area contributed by atoms with Gasteiger partial charge in [0.25, 0.3) is 0 Å². The van der Waals surface area contributed by atoms with Crippen molar-refractivity contribution in [2.24, 2.45) is 5.73 Å². The number of benzene rings is 1. The fourth-order valence-corrected chi connectivity index (χ4v) is 0.764. The Labute approximate surface area is 68.4 Å². The molecule has 4 nitrogen and oxygen atoms in total. The molecule has 0 fully saturated rings. The van der Waals surface area contributed by atoms with Gasteiger partial charge in [-0.1, -0.05) is 0 Å². The van der Waals surface area contributed by atoms with Gasteiger partial charge in [0.1, 0.15) is 5.82 Å². The Hall–Kier alpha value is -1.78. The molecule has 0 unspecified atom stereocenters. The highest BCUT2D eigenvalue weighted by Crippen LogP contribution is 2.15. The number of nitrogen functional groups attached to an aromatic ring is 1. The highest BCUT2D eigenvalue weighted by Gasteiger charge is 2.00. The maximum absolute atomic E-state index is 12.6. The first-order valence-corrected chi connectivity index (χ1v) is 3.21. The summed E-state index contributed by atoms with van der Waals surface area (Å²) < 4.78 is 12.6. The summed E-state index contributed by atoms with van der Waals surface area (Å²) in [6.07, 6.45) is 0. The van der Waals surface area contributed by atoms with Crippen molar-refractivity contribution >= 4 is 17.4 Å². The molecule has 12 heavy (non-hydrogen) atoms. The van der Waals surface area contributed by atoms with Crippen LogP contribution in [0, 0.1) is 5.82 Å². The molecule has 5 heteroatoms. The van der Waals surface area contributed by atoms with Crippen LogP contribution in [0.3, 0.4) is 0 Å². The maximum Gasteiger partial charge on any atom is 0.316 e. The molecule has 0 spiro atoms. The number of nitrogens with two attached hydrogens (primary N) is 2. The van der Waals surface area contributed by atoms with Crippen LogP contribution in [0.2, 0.25) is 0 Å². The molecule has 64 valence electrons. The van der Waals surface area contributed by atoms with E-state index in [1.54, 1.807) is 0 Å². The van der Waals surface area contributed by atoms with E-state index in [0.29, 0.717) is 5.69 Å². The zero-order chi connectivity index (χ0) is 9.14. The fourth-order valence-electron chi connectivity index (χ4n) is 0.764. The summed E-state index contributed by atoms with van der Waals surface area (Å²) in [7, 11) is 0. The highest BCUT2D eigenvalue weighted by atomic mass is 19.1. The van der Waals surface area contributed by atoms with Crippen LogP contribution in [-0.2, 0) is 0 Å². The van der Waals surface area contributed by atoms with E-state index in [1.165, 1.54) is 12.1 Å². The molecular weight excluding hydrogens is 161 g/mol. The van der Waals surface area contributed by atoms with Crippen molar-refractivity contribution in [1.29, 1.82) is 0 Å². The number of anilines is 2. The molecule has 0 aliphatic rings. The number of rotatable bonds is 1. The molecule has 0 aliphatic carbocycles. The van der Waals surface area contributed by atoms with Crippen molar-refractivity contribution < 1.29 is 9.18 Å². The minimum atomic E-state index is -0.707. The molecule has 1 rings (SSSR count). The van der Waals surface area contributed by atoms with Crippen LogP contribution in [0.4, 0.5) is 20.6 Å². The Morgan fingerprint density at radius 3 is 2.67 bits per heavy atom. The number of primary amides is 1. The molecule has 2 amide bonds. The molecule has 5 N–H and O–H groups in total. The van der Waals surface area contributed by atoms with E-state index in [2.05, 4.69) is 5.32 Å². The first kappa shape index (κ1) is 8.32. The lowest BCUT2D eigenvalue weighted by Gasteiger charge is -2.02. The predicted molar refractivity (Wildman–Crippen MR) is 44.0 cm³/mol. The second-order valence-electron chi connectivity index (χ2n) is 2.23. The number of nitrogens with one attached hydrogen (secondary N) is 1. The van der Waals surface area contributed by atoms with Crippen LogP contribution in [-0.4, -0.2) is 6.03 Å². The van der Waals surface area contributed by atoms with E-state index < -0.39 is 11.8 Å². The normalized spacial score (nSPS) is 9.42. The Morgan fingerprint density at radius 1 is 1.50 bits per heavy atom. The maximum atomic E-state index is 12.6. The van der Waals surface area contributed by atoms with Gasteiger partial charge in [-0.15, -0.1) is 0 Å². The predicted octanol–water partition coefficient (Wildman–Crippen LogP) is 0.899. The van der Waals surface area contributed by atoms with Gasteiger partial charge in [-0.2, -0.15) is 0 Å². The quantitative estimate of drug-likeness (QED) is 0.546. The molecule has 1 aromatic rings. The number of carbonyl (C=O) groups is 1. The van der Waals surface area contributed by atoms with Crippen LogP contribution in [0.15, 0.2) is 18.2 Å². The van der Waals surface area contributed by atoms with Crippen molar-refractivity contribution in [1.82, 2.24) is 0 Å². The third-order valence-corrected chi connectivity index (χ3v) is 1.26. The Morgan fingerprint density at radius 2 is 2.17 bits per heavy atom. The third kappa shape index (κ3) is 1.85. The van der Waals surface area contributed by atoms with Crippen LogP contribution >= 0.6 is 0 Å². The summed E-state index contributed by atoms with van der Waals surface area (Å²) in [5.41, 5.74) is 10.4. The minimum Gasteiger partial charge on any atom is -0.396 e. The van der Waals surface area contributed by atoms with Crippen molar-refractivity contribution in [3.63, 3.8) is 0 Å². The lowest BCUT2D eigenvalue weighted by Crippen LogP contribution is -2.19. The van der Waals surface area contributed by atoms with Crippen LogP contribution in [0.5, 0.6) is 0 Å². The molecule has 0 bridgehead atoms. The van der Waals surface area contributed by atoms with Crippen LogP contribution in [0.1, 0.15) is 0 Å². The summed E-state index contributed by atoms with van der Waals surface area (Å²) in [6.45, 7) is 0. The van der Waals surface area contributed by atoms with Gasteiger partial charge in [-0.05, 0) is 18.2 Å². The van der Waals surface area contributed by atoms with Gasteiger partial charge < -0.3 is 16.8 Å². The molecule has 0 aliphatic heterocycles. The van der Waals surface area contributed by atoms with E-state index in [4.69, 9.17) is 11.5 Å². The fraction of sp³-hybridized carbons (Fsp3) is 0. The zero-order valence-electron chi connectivity index (χ0n) is 6.17. The summed E-state index contributed by atoms with van der Waals surface area (Å²) in [6, 6.07) is 3.11. The summed E-state index contributed by atoms with van der Waals surface area (Å²) >= 11 is 0. The Bertz CT molecular complexity index is 314. The van der Waals surface area contributed by atoms with E-state index in [1.807, 2.05) is 0 Å². The van der Waals surface area contributed by atoms with Gasteiger partial charge in [0.15, 0.2) is 0 Å². The summed E-state index contributed by atoms with van der Waals surface area (Å²) in [5, 5.41) is 2.26. The standard InChI is InChI=1S/C7H8FN3O/c8-5-2-1-4(3-6(5)9)11-7(10)12/h1-3H,9H2,(H3,10,11,12). The number of hydrogen-bond donors (Lipinski definition) is 3. The van der Waals surface area contributed by atoms with Gasteiger partial charge in [0, 0.05) is 5.69 Å². The second kappa shape index (κ2) is 3.08. The van der Waals surface area contributed by atoms with Gasteiger partial charge in [0.05, 0.1) is 5.69 Å². The number of halogens is 1. The Balaban J connectivity index is 2.89. The lowest BCUT2D eigenvalue weighted by molar-refractivity contribution is 0.259. The lowest BCUT2D eigenvalue weighted by atomic mass is 10.3. The molecule has 1 aromatic carbocycles. The van der Waals surface area contributed by atoms with Crippen molar-refractivity contribution in [3.8, 4) is 0 Å². The molecule has 0 atom stereocenters. The first-order valence-electron chi connectivity index (χ1n) is 3.21. The van der Waals surface area contributed by atoms with Crippen LogP contribution in [0.25, 0.3) is 0 Å². The number of hydrogen-bond acceptors (Lipinski definition) is 2. The van der Waals surface area contributed by atoms with Crippen molar-refractivity contribution in [3.05, 3.63) is 24.0 Å². The largest absolute Gasteiger partial charge is 0.396 e. The van der Waals surface area contributed by atoms with E-state index >= 15 is 0 Å². The molecule has 0 heterocycles. The van der Waals surface area contributed by atoms with Gasteiger partial charge in [0.2, 0.25) is 0 Å². The molecular formula is C7H8FN3O. The summed E-state index contributed by atoms with van der Waals surface area (Å²) in [5.74, 6) is -0.523. The Kier molecular flexibility index (Phi) is 2.14.